The molecule has 0 aromatic carbocycles. The molecule has 1 aromatic rings. The van der Waals surface area contributed by atoms with E-state index in [1.807, 2.05) is 22.8 Å². The van der Waals surface area contributed by atoms with E-state index in [1.165, 1.54) is 0 Å². The zero-order valence-electron chi connectivity index (χ0n) is 12.3. The quantitative estimate of drug-likeness (QED) is 0.656. The van der Waals surface area contributed by atoms with E-state index in [1.54, 1.807) is 6.07 Å². The fourth-order valence-corrected chi connectivity index (χ4v) is 2.79. The topological polar surface area (TPSA) is 93.3 Å². The van der Waals surface area contributed by atoms with E-state index < -0.39 is 0 Å². The minimum atomic E-state index is -0.222. The number of nitrogens with one attached hydrogen (secondary N) is 1. The largest absolute Gasteiger partial charge is 0.495 e. The van der Waals surface area contributed by atoms with Gasteiger partial charge in [-0.05, 0) is 37.7 Å². The molecule has 2 rings (SSSR count). The highest BCUT2D eigenvalue weighted by Crippen LogP contribution is 2.31. The first kappa shape index (κ1) is 16.7. The number of aromatic amines is 1. The van der Waals surface area contributed by atoms with Gasteiger partial charge < -0.3 is 20.1 Å². The van der Waals surface area contributed by atoms with Crippen LogP contribution in [0.15, 0.2) is 34.8 Å². The van der Waals surface area contributed by atoms with Crippen molar-refractivity contribution in [1.29, 1.82) is 0 Å². The Morgan fingerprint density at radius 3 is 3.09 bits per heavy atom. The average Bonchev–Trinajstić information content (AvgIpc) is 2.52. The molecule has 0 spiro atoms. The maximum Gasteiger partial charge on any atom is 0.251 e. The average molecular weight is 323 g/mol. The van der Waals surface area contributed by atoms with Crippen molar-refractivity contribution in [2.45, 2.75) is 25.3 Å². The molecule has 0 saturated carbocycles. The second kappa shape index (κ2) is 8.07. The van der Waals surface area contributed by atoms with Crippen LogP contribution in [0.2, 0.25) is 0 Å². The van der Waals surface area contributed by atoms with E-state index >= 15 is 0 Å². The number of rotatable bonds is 7. The molecule has 0 bridgehead atoms. The highest BCUT2D eigenvalue weighted by molar-refractivity contribution is 7.71. The Morgan fingerprint density at radius 2 is 2.36 bits per heavy atom. The summed E-state index contributed by atoms with van der Waals surface area (Å²) in [6.45, 7) is 1.37. The first-order valence-electron chi connectivity index (χ1n) is 7.32. The van der Waals surface area contributed by atoms with E-state index in [-0.39, 0.29) is 24.7 Å². The summed E-state index contributed by atoms with van der Waals surface area (Å²) in [4.78, 5) is 14.5. The van der Waals surface area contributed by atoms with Crippen molar-refractivity contribution in [3.05, 3.63) is 50.9 Å². The van der Waals surface area contributed by atoms with Gasteiger partial charge in [0, 0.05) is 18.3 Å². The Kier molecular flexibility index (Phi) is 6.11. The molecular weight excluding hydrogens is 302 g/mol. The summed E-state index contributed by atoms with van der Waals surface area (Å²) >= 11 is 5.28. The van der Waals surface area contributed by atoms with Gasteiger partial charge in [0.15, 0.2) is 4.77 Å². The lowest BCUT2D eigenvalue weighted by Gasteiger charge is -2.25. The van der Waals surface area contributed by atoms with E-state index in [9.17, 15) is 4.79 Å². The summed E-state index contributed by atoms with van der Waals surface area (Å²) in [6, 6.07) is 1.56. The van der Waals surface area contributed by atoms with Gasteiger partial charge in [-0.3, -0.25) is 9.78 Å². The summed E-state index contributed by atoms with van der Waals surface area (Å²) < 4.78 is 7.92. The predicted molar refractivity (Wildman–Crippen MR) is 87.2 cm³/mol. The van der Waals surface area contributed by atoms with Crippen molar-refractivity contribution in [3.8, 4) is 0 Å². The number of aliphatic hydroxyl groups is 1. The molecule has 7 heteroatoms. The SMILES string of the molecule is NCCCn1c([C@H]2CC=CC=C2OCCO)cc(=O)[nH]c1=S. The zero-order chi connectivity index (χ0) is 15.9. The van der Waals surface area contributed by atoms with Gasteiger partial charge in [-0.1, -0.05) is 12.2 Å². The molecule has 0 amide bonds. The van der Waals surface area contributed by atoms with Crippen molar-refractivity contribution in [3.63, 3.8) is 0 Å². The third kappa shape index (κ3) is 3.94. The third-order valence-electron chi connectivity index (χ3n) is 3.48. The summed E-state index contributed by atoms with van der Waals surface area (Å²) in [7, 11) is 0. The van der Waals surface area contributed by atoms with E-state index in [0.29, 0.717) is 17.9 Å². The van der Waals surface area contributed by atoms with Crippen LogP contribution in [0.5, 0.6) is 0 Å². The lowest BCUT2D eigenvalue weighted by molar-refractivity contribution is 0.133. The Labute approximate surface area is 133 Å². The predicted octanol–water partition coefficient (Wildman–Crippen LogP) is 1.19. The second-order valence-electron chi connectivity index (χ2n) is 5.02. The van der Waals surface area contributed by atoms with Gasteiger partial charge in [-0.25, -0.2) is 0 Å². The number of H-pyrrole nitrogens is 1. The molecule has 1 aliphatic carbocycles. The van der Waals surface area contributed by atoms with Crippen molar-refractivity contribution in [1.82, 2.24) is 9.55 Å². The van der Waals surface area contributed by atoms with Crippen LogP contribution < -0.4 is 11.3 Å². The molecule has 0 unspecified atom stereocenters. The minimum Gasteiger partial charge on any atom is -0.495 e. The molecule has 1 aliphatic rings. The number of nitrogens with two attached hydrogens (primary N) is 1. The first-order chi connectivity index (χ1) is 10.7. The van der Waals surface area contributed by atoms with Crippen molar-refractivity contribution < 1.29 is 9.84 Å². The van der Waals surface area contributed by atoms with Crippen LogP contribution in [0, 0.1) is 4.77 Å². The molecule has 0 fully saturated rings. The van der Waals surface area contributed by atoms with E-state index in [4.69, 9.17) is 27.8 Å². The van der Waals surface area contributed by atoms with E-state index in [0.717, 1.165) is 24.3 Å². The zero-order valence-corrected chi connectivity index (χ0v) is 13.1. The number of ether oxygens (including phenoxy) is 1. The standard InChI is InChI=1S/C15H21N3O3S/c16-6-3-7-18-12(10-14(20)17-15(18)22)11-4-1-2-5-13(11)21-9-8-19/h1-2,5,10-11,19H,3-4,6-9,16H2,(H,17,20,22)/t11-/m1/s1. The normalized spacial score (nSPS) is 17.4. The van der Waals surface area contributed by atoms with Gasteiger partial charge in [0.1, 0.15) is 12.4 Å². The lowest BCUT2D eigenvalue weighted by Crippen LogP contribution is -2.23. The summed E-state index contributed by atoms with van der Waals surface area (Å²) in [5.41, 5.74) is 6.18. The molecule has 0 radical (unpaired) electrons. The lowest BCUT2D eigenvalue weighted by atomic mass is 9.94. The highest BCUT2D eigenvalue weighted by Gasteiger charge is 2.22. The minimum absolute atomic E-state index is 0.0530. The van der Waals surface area contributed by atoms with Crippen LogP contribution in [-0.4, -0.2) is 34.4 Å². The molecule has 1 aromatic heterocycles. The van der Waals surface area contributed by atoms with Gasteiger partial charge in [0.05, 0.1) is 12.5 Å². The summed E-state index contributed by atoms with van der Waals surface area (Å²) in [5, 5.41) is 8.95. The number of hydrogen-bond donors (Lipinski definition) is 3. The molecule has 0 aliphatic heterocycles. The maximum atomic E-state index is 11.8. The van der Waals surface area contributed by atoms with Crippen LogP contribution in [-0.2, 0) is 11.3 Å². The van der Waals surface area contributed by atoms with E-state index in [2.05, 4.69) is 4.98 Å². The molecule has 4 N–H and O–H groups in total. The third-order valence-corrected chi connectivity index (χ3v) is 3.80. The van der Waals surface area contributed by atoms with Crippen LogP contribution in [0.4, 0.5) is 0 Å². The Hall–Kier alpha value is -1.70. The van der Waals surface area contributed by atoms with Crippen LogP contribution >= 0.6 is 12.2 Å². The summed E-state index contributed by atoms with van der Waals surface area (Å²) in [6.07, 6.45) is 7.29. The van der Waals surface area contributed by atoms with Crippen molar-refractivity contribution in [2.24, 2.45) is 5.73 Å². The van der Waals surface area contributed by atoms with Gasteiger partial charge in [0.2, 0.25) is 0 Å². The van der Waals surface area contributed by atoms with Crippen molar-refractivity contribution >= 4 is 12.2 Å². The fraction of sp³-hybridized carbons (Fsp3) is 0.467. The molecule has 1 heterocycles. The van der Waals surface area contributed by atoms with Crippen molar-refractivity contribution in [2.75, 3.05) is 19.8 Å². The molecular formula is C15H21N3O3S. The Balaban J connectivity index is 2.41. The molecule has 0 saturated heterocycles. The number of aromatic nitrogens is 2. The number of allylic oxidation sites excluding steroid dienone is 4. The smallest absolute Gasteiger partial charge is 0.251 e. The fourth-order valence-electron chi connectivity index (χ4n) is 2.50. The van der Waals surface area contributed by atoms with Crippen LogP contribution in [0.25, 0.3) is 0 Å². The molecule has 120 valence electrons. The highest BCUT2D eigenvalue weighted by atomic mass is 32.1. The first-order valence-corrected chi connectivity index (χ1v) is 7.72. The van der Waals surface area contributed by atoms with Gasteiger partial charge in [-0.2, -0.15) is 0 Å². The Morgan fingerprint density at radius 1 is 1.55 bits per heavy atom. The second-order valence-corrected chi connectivity index (χ2v) is 5.40. The molecule has 22 heavy (non-hydrogen) atoms. The Bertz CT molecular complexity index is 675. The molecule has 6 nitrogen and oxygen atoms in total. The number of aliphatic hydroxyl groups excluding tert-OH is 1. The van der Waals surface area contributed by atoms with Gasteiger partial charge in [0.25, 0.3) is 5.56 Å². The summed E-state index contributed by atoms with van der Waals surface area (Å²) in [5.74, 6) is 0.649. The monoisotopic (exact) mass is 323 g/mol. The maximum absolute atomic E-state index is 11.8. The molecule has 1 atom stereocenters. The number of nitrogens with zero attached hydrogens (tertiary/aromatic N) is 1. The number of hydrogen-bond acceptors (Lipinski definition) is 5. The van der Waals surface area contributed by atoms with Gasteiger partial charge >= 0.3 is 0 Å². The van der Waals surface area contributed by atoms with Crippen LogP contribution in [0.3, 0.4) is 0 Å². The van der Waals surface area contributed by atoms with Crippen LogP contribution in [0.1, 0.15) is 24.5 Å². The van der Waals surface area contributed by atoms with Gasteiger partial charge in [-0.15, -0.1) is 0 Å².